The Bertz CT molecular complexity index is 474. The molecule has 6 nitrogen and oxygen atoms in total. The summed E-state index contributed by atoms with van der Waals surface area (Å²) in [5.74, 6) is 2.00. The van der Waals surface area contributed by atoms with Gasteiger partial charge in [-0.2, -0.15) is 5.10 Å². The highest BCUT2D eigenvalue weighted by atomic mass is 35.5. The smallest absolute Gasteiger partial charge is 0.169 e. The average molecular weight is 239 g/mol. The van der Waals surface area contributed by atoms with E-state index in [-0.39, 0.29) is 0 Å². The maximum Gasteiger partial charge on any atom is 0.169 e. The largest absolute Gasteiger partial charge is 0.363 e. The highest BCUT2D eigenvalue weighted by molar-refractivity contribution is 6.29. The number of anilines is 1. The third-order valence-corrected chi connectivity index (χ3v) is 2.07. The van der Waals surface area contributed by atoms with Gasteiger partial charge < -0.3 is 5.32 Å². The van der Waals surface area contributed by atoms with Gasteiger partial charge in [-0.15, -0.1) is 0 Å². The second-order valence-corrected chi connectivity index (χ2v) is 3.70. The number of nitrogens with zero attached hydrogens (tertiary/aromatic N) is 5. The van der Waals surface area contributed by atoms with E-state index in [2.05, 4.69) is 25.4 Å². The number of hydrogen-bond donors (Lipinski definition) is 1. The van der Waals surface area contributed by atoms with Gasteiger partial charge in [0.2, 0.25) is 0 Å². The Morgan fingerprint density at radius 2 is 2.25 bits per heavy atom. The molecule has 0 unspecified atom stereocenters. The van der Waals surface area contributed by atoms with Gasteiger partial charge in [0.05, 0.1) is 6.54 Å². The molecule has 0 amide bonds. The molecule has 0 aliphatic heterocycles. The van der Waals surface area contributed by atoms with Gasteiger partial charge in [-0.1, -0.05) is 11.6 Å². The van der Waals surface area contributed by atoms with Crippen molar-refractivity contribution in [1.29, 1.82) is 0 Å². The lowest BCUT2D eigenvalue weighted by Gasteiger charge is -2.03. The zero-order chi connectivity index (χ0) is 11.5. The van der Waals surface area contributed by atoms with Crippen molar-refractivity contribution in [2.24, 2.45) is 7.05 Å². The Morgan fingerprint density at radius 3 is 2.88 bits per heavy atom. The minimum Gasteiger partial charge on any atom is -0.363 e. The first-order valence-electron chi connectivity index (χ1n) is 4.73. The molecule has 16 heavy (non-hydrogen) atoms. The summed E-state index contributed by atoms with van der Waals surface area (Å²) in [6.07, 6.45) is 1.65. The quantitative estimate of drug-likeness (QED) is 0.814. The van der Waals surface area contributed by atoms with E-state index in [9.17, 15) is 0 Å². The van der Waals surface area contributed by atoms with Gasteiger partial charge in [-0.25, -0.2) is 15.0 Å². The highest BCUT2D eigenvalue weighted by Crippen LogP contribution is 2.11. The molecule has 0 saturated carbocycles. The average Bonchev–Trinajstić information content (AvgIpc) is 2.60. The van der Waals surface area contributed by atoms with E-state index in [1.54, 1.807) is 24.0 Å². The Balaban J connectivity index is 2.04. The molecule has 0 fully saturated rings. The standard InChI is InChI=1S/C9H11ClN6/c1-6-13-7(10)3-8(14-6)11-4-9-12-5-16(2)15-9/h3,5H,4H2,1-2H3,(H,11,13,14). The number of aryl methyl sites for hydroxylation is 2. The molecule has 0 aromatic carbocycles. The molecule has 2 rings (SSSR count). The maximum absolute atomic E-state index is 5.81. The fraction of sp³-hybridized carbons (Fsp3) is 0.333. The summed E-state index contributed by atoms with van der Waals surface area (Å²) in [7, 11) is 1.82. The van der Waals surface area contributed by atoms with Crippen molar-refractivity contribution in [1.82, 2.24) is 24.7 Å². The molecule has 0 aliphatic carbocycles. The molecular formula is C9H11ClN6. The topological polar surface area (TPSA) is 68.5 Å². The van der Waals surface area contributed by atoms with Crippen molar-refractivity contribution in [2.75, 3.05) is 5.32 Å². The lowest BCUT2D eigenvalue weighted by molar-refractivity contribution is 0.746. The van der Waals surface area contributed by atoms with Crippen LogP contribution in [0.25, 0.3) is 0 Å². The molecule has 0 bridgehead atoms. The van der Waals surface area contributed by atoms with Crippen molar-refractivity contribution < 1.29 is 0 Å². The zero-order valence-corrected chi connectivity index (χ0v) is 9.73. The number of nitrogens with one attached hydrogen (secondary N) is 1. The molecule has 1 N–H and O–H groups in total. The summed E-state index contributed by atoms with van der Waals surface area (Å²) < 4.78 is 1.65. The van der Waals surface area contributed by atoms with Gasteiger partial charge in [0.25, 0.3) is 0 Å². The van der Waals surface area contributed by atoms with Crippen LogP contribution in [-0.4, -0.2) is 24.7 Å². The SMILES string of the molecule is Cc1nc(Cl)cc(NCc2ncn(C)n2)n1. The van der Waals surface area contributed by atoms with Crippen LogP contribution in [0.3, 0.4) is 0 Å². The number of halogens is 1. The predicted octanol–water partition coefficient (Wildman–Crippen LogP) is 1.18. The van der Waals surface area contributed by atoms with Crippen molar-refractivity contribution in [3.8, 4) is 0 Å². The van der Waals surface area contributed by atoms with Crippen LogP contribution in [-0.2, 0) is 13.6 Å². The van der Waals surface area contributed by atoms with Gasteiger partial charge in [0.1, 0.15) is 23.1 Å². The van der Waals surface area contributed by atoms with Gasteiger partial charge >= 0.3 is 0 Å². The van der Waals surface area contributed by atoms with Crippen LogP contribution in [0.1, 0.15) is 11.6 Å². The first kappa shape index (κ1) is 10.8. The van der Waals surface area contributed by atoms with E-state index in [4.69, 9.17) is 11.6 Å². The first-order valence-corrected chi connectivity index (χ1v) is 5.11. The third-order valence-electron chi connectivity index (χ3n) is 1.88. The number of aromatic nitrogens is 5. The fourth-order valence-electron chi connectivity index (χ4n) is 1.26. The van der Waals surface area contributed by atoms with Crippen molar-refractivity contribution >= 4 is 17.4 Å². The maximum atomic E-state index is 5.81. The predicted molar refractivity (Wildman–Crippen MR) is 60.1 cm³/mol. The molecule has 0 atom stereocenters. The van der Waals surface area contributed by atoms with Gasteiger partial charge in [0, 0.05) is 13.1 Å². The fourth-order valence-corrected chi connectivity index (χ4v) is 1.48. The van der Waals surface area contributed by atoms with E-state index in [1.165, 1.54) is 0 Å². The molecule has 0 spiro atoms. The van der Waals surface area contributed by atoms with Crippen LogP contribution in [0, 0.1) is 6.92 Å². The van der Waals surface area contributed by atoms with Gasteiger partial charge in [-0.05, 0) is 6.92 Å². The van der Waals surface area contributed by atoms with E-state index in [1.807, 2.05) is 7.05 Å². The normalized spacial score (nSPS) is 10.4. The van der Waals surface area contributed by atoms with E-state index >= 15 is 0 Å². The van der Waals surface area contributed by atoms with Gasteiger partial charge in [0.15, 0.2) is 5.82 Å². The number of rotatable bonds is 3. The van der Waals surface area contributed by atoms with Gasteiger partial charge in [-0.3, -0.25) is 4.68 Å². The molecule has 84 valence electrons. The summed E-state index contributed by atoms with van der Waals surface area (Å²) in [5, 5.41) is 7.64. The second-order valence-electron chi connectivity index (χ2n) is 3.31. The van der Waals surface area contributed by atoms with E-state index < -0.39 is 0 Å². The molecule has 0 saturated heterocycles. The van der Waals surface area contributed by atoms with E-state index in [0.717, 1.165) is 0 Å². The van der Waals surface area contributed by atoms with E-state index in [0.29, 0.717) is 29.2 Å². The van der Waals surface area contributed by atoms with Crippen molar-refractivity contribution in [2.45, 2.75) is 13.5 Å². The lowest BCUT2D eigenvalue weighted by atomic mass is 10.5. The summed E-state index contributed by atoms with van der Waals surface area (Å²) in [4.78, 5) is 12.2. The molecule has 2 aromatic heterocycles. The lowest BCUT2D eigenvalue weighted by Crippen LogP contribution is -2.05. The Hall–Kier alpha value is -1.69. The Morgan fingerprint density at radius 1 is 1.44 bits per heavy atom. The van der Waals surface area contributed by atoms with Crippen LogP contribution in [0.2, 0.25) is 5.15 Å². The number of hydrogen-bond acceptors (Lipinski definition) is 5. The third kappa shape index (κ3) is 2.66. The molecule has 7 heteroatoms. The first-order chi connectivity index (χ1) is 7.63. The molecule has 0 aliphatic rings. The summed E-state index contributed by atoms with van der Waals surface area (Å²) in [6, 6.07) is 1.66. The Labute approximate surface area is 97.7 Å². The zero-order valence-electron chi connectivity index (χ0n) is 8.98. The molecule has 0 radical (unpaired) electrons. The second kappa shape index (κ2) is 4.44. The van der Waals surface area contributed by atoms with Crippen LogP contribution in [0.5, 0.6) is 0 Å². The highest BCUT2D eigenvalue weighted by Gasteiger charge is 2.02. The monoisotopic (exact) mass is 238 g/mol. The minimum absolute atomic E-state index is 0.420. The molecule has 2 aromatic rings. The van der Waals surface area contributed by atoms with Crippen LogP contribution < -0.4 is 5.32 Å². The van der Waals surface area contributed by atoms with Crippen LogP contribution in [0.4, 0.5) is 5.82 Å². The summed E-state index contributed by atoms with van der Waals surface area (Å²) in [5.41, 5.74) is 0. The van der Waals surface area contributed by atoms with Crippen LogP contribution >= 0.6 is 11.6 Å². The summed E-state index contributed by atoms with van der Waals surface area (Å²) >= 11 is 5.81. The Kier molecular flexibility index (Phi) is 3.00. The molecular weight excluding hydrogens is 228 g/mol. The van der Waals surface area contributed by atoms with Crippen molar-refractivity contribution in [3.05, 3.63) is 29.2 Å². The summed E-state index contributed by atoms with van der Waals surface area (Å²) in [6.45, 7) is 2.30. The van der Waals surface area contributed by atoms with Crippen molar-refractivity contribution in [3.63, 3.8) is 0 Å². The van der Waals surface area contributed by atoms with Crippen LogP contribution in [0.15, 0.2) is 12.4 Å². The molecule has 2 heterocycles. The minimum atomic E-state index is 0.420.